The smallest absolute Gasteiger partial charge is 0.327 e. The number of quaternary nitrogens is 1. The van der Waals surface area contributed by atoms with Crippen molar-refractivity contribution >= 4 is 33.8 Å². The Hall–Kier alpha value is -2.77. The topological polar surface area (TPSA) is 72.4 Å². The summed E-state index contributed by atoms with van der Waals surface area (Å²) in [5, 5.41) is 1.05. The Labute approximate surface area is 181 Å². The Bertz CT molecular complexity index is 1180. The number of para-hydroxylation sites is 1. The summed E-state index contributed by atoms with van der Waals surface area (Å²) in [5.74, 6) is 2.66. The van der Waals surface area contributed by atoms with Gasteiger partial charge in [0, 0.05) is 23.2 Å². The van der Waals surface area contributed by atoms with Gasteiger partial charge in [0.05, 0.1) is 13.1 Å². The van der Waals surface area contributed by atoms with Crippen LogP contribution in [-0.4, -0.2) is 46.1 Å². The first-order chi connectivity index (χ1) is 14.1. The molecule has 0 atom stereocenters. The first kappa shape index (κ1) is 20.5. The van der Waals surface area contributed by atoms with Crippen molar-refractivity contribution in [1.82, 2.24) is 19.9 Å². The third-order valence-corrected chi connectivity index (χ3v) is 5.53. The van der Waals surface area contributed by atoms with Crippen LogP contribution in [0.15, 0.2) is 34.7 Å². The molecule has 1 N–H and O–H groups in total. The zero-order chi connectivity index (χ0) is 20.0. The molecule has 4 aromatic rings. The third-order valence-electron chi connectivity index (χ3n) is 5.53. The first-order valence-electron chi connectivity index (χ1n) is 10.2. The second-order valence-electron chi connectivity index (χ2n) is 7.66. The summed E-state index contributed by atoms with van der Waals surface area (Å²) in [5.41, 5.74) is 4.60. The molecule has 1 aliphatic heterocycles. The van der Waals surface area contributed by atoms with Crippen molar-refractivity contribution in [2.24, 2.45) is 0 Å². The molecule has 4 heterocycles. The zero-order valence-electron chi connectivity index (χ0n) is 17.4. The predicted molar refractivity (Wildman–Crippen MR) is 113 cm³/mol. The standard InChI is InChI=1S/C22H24N6O.ClH/c1-4-18-25-19-16-7-5-6-8-17(16)29-20(19)21(26-18)27-9-11-28(12-10-27)22-23-14(2)13-15(3)24-22;/h5-8,13H,4,9-12H2,1-3H3;1H. The Morgan fingerprint density at radius 3 is 2.40 bits per heavy atom. The number of hydrogen-bond donors (Lipinski definition) is 1. The molecule has 0 radical (unpaired) electrons. The molecule has 0 aliphatic carbocycles. The van der Waals surface area contributed by atoms with Crippen LogP contribution in [0.3, 0.4) is 0 Å². The molecule has 30 heavy (non-hydrogen) atoms. The van der Waals surface area contributed by atoms with Crippen LogP contribution in [0.25, 0.3) is 22.1 Å². The minimum absolute atomic E-state index is 0. The Morgan fingerprint density at radius 2 is 1.70 bits per heavy atom. The van der Waals surface area contributed by atoms with E-state index in [1.807, 2.05) is 38.1 Å². The lowest BCUT2D eigenvalue weighted by Gasteiger charge is -2.31. The van der Waals surface area contributed by atoms with E-state index >= 15 is 0 Å². The molecule has 156 valence electrons. The fourth-order valence-corrected chi connectivity index (χ4v) is 4.09. The van der Waals surface area contributed by atoms with Crippen LogP contribution >= 0.6 is 0 Å². The van der Waals surface area contributed by atoms with Crippen molar-refractivity contribution in [2.75, 3.05) is 31.1 Å². The molecule has 0 spiro atoms. The molecule has 0 bridgehead atoms. The zero-order valence-corrected chi connectivity index (χ0v) is 18.2. The highest BCUT2D eigenvalue weighted by Gasteiger charge is 2.28. The molecule has 1 aliphatic rings. The number of halogens is 1. The summed E-state index contributed by atoms with van der Waals surface area (Å²) in [6, 6.07) is 10.1. The highest BCUT2D eigenvalue weighted by molar-refractivity contribution is 6.05. The van der Waals surface area contributed by atoms with Crippen LogP contribution in [0.1, 0.15) is 24.1 Å². The number of nitrogens with zero attached hydrogens (tertiary/aromatic N) is 5. The van der Waals surface area contributed by atoms with Gasteiger partial charge in [-0.05, 0) is 32.0 Å². The molecule has 1 fully saturated rings. The van der Waals surface area contributed by atoms with E-state index in [9.17, 15) is 0 Å². The van der Waals surface area contributed by atoms with E-state index in [0.29, 0.717) is 0 Å². The summed E-state index contributed by atoms with van der Waals surface area (Å²) in [4.78, 5) is 22.5. The van der Waals surface area contributed by atoms with Crippen molar-refractivity contribution in [1.29, 1.82) is 0 Å². The minimum atomic E-state index is 0. The van der Waals surface area contributed by atoms with E-state index in [2.05, 4.69) is 27.9 Å². The van der Waals surface area contributed by atoms with E-state index in [-0.39, 0.29) is 12.4 Å². The number of benzene rings is 1. The average molecular weight is 425 g/mol. The molecule has 8 heteroatoms. The lowest BCUT2D eigenvalue weighted by atomic mass is 10.2. The predicted octanol–water partition coefficient (Wildman–Crippen LogP) is -0.614. The second kappa shape index (κ2) is 8.16. The molecule has 1 saturated heterocycles. The van der Waals surface area contributed by atoms with Crippen LogP contribution < -0.4 is 22.2 Å². The van der Waals surface area contributed by atoms with E-state index < -0.39 is 0 Å². The molecule has 0 amide bonds. The maximum atomic E-state index is 6.18. The van der Waals surface area contributed by atoms with E-state index in [0.717, 1.165) is 83.6 Å². The highest BCUT2D eigenvalue weighted by Crippen LogP contribution is 2.33. The fourth-order valence-electron chi connectivity index (χ4n) is 4.09. The average Bonchev–Trinajstić information content (AvgIpc) is 3.11. The van der Waals surface area contributed by atoms with Gasteiger partial charge in [-0.25, -0.2) is 9.97 Å². The van der Waals surface area contributed by atoms with Gasteiger partial charge in [0.25, 0.3) is 0 Å². The molecular weight excluding hydrogens is 400 g/mol. The van der Waals surface area contributed by atoms with Crippen molar-refractivity contribution in [3.63, 3.8) is 0 Å². The maximum Gasteiger partial charge on any atom is 0.327 e. The number of furan rings is 1. The fraction of sp³-hybridized carbons (Fsp3) is 0.364. The summed E-state index contributed by atoms with van der Waals surface area (Å²) in [7, 11) is 0. The third kappa shape index (κ3) is 3.59. The van der Waals surface area contributed by atoms with Gasteiger partial charge in [0.2, 0.25) is 0 Å². The van der Waals surface area contributed by atoms with Crippen molar-refractivity contribution in [2.45, 2.75) is 27.2 Å². The number of piperazine rings is 1. The van der Waals surface area contributed by atoms with Crippen LogP contribution in [-0.2, 0) is 6.42 Å². The number of fused-ring (bicyclic) bond motifs is 3. The van der Waals surface area contributed by atoms with Gasteiger partial charge >= 0.3 is 5.95 Å². The van der Waals surface area contributed by atoms with Crippen molar-refractivity contribution < 1.29 is 21.7 Å². The summed E-state index contributed by atoms with van der Waals surface area (Å²) < 4.78 is 6.18. The summed E-state index contributed by atoms with van der Waals surface area (Å²) in [6.45, 7) is 9.74. The minimum Gasteiger partial charge on any atom is -1.00 e. The van der Waals surface area contributed by atoms with Gasteiger partial charge < -0.3 is 21.7 Å². The monoisotopic (exact) mass is 424 g/mol. The molecule has 7 nitrogen and oxygen atoms in total. The first-order valence-corrected chi connectivity index (χ1v) is 10.2. The number of nitrogens with one attached hydrogen (secondary N) is 1. The van der Waals surface area contributed by atoms with Crippen LogP contribution in [0, 0.1) is 13.8 Å². The molecule has 3 aromatic heterocycles. The van der Waals surface area contributed by atoms with E-state index in [1.54, 1.807) is 0 Å². The van der Waals surface area contributed by atoms with Gasteiger partial charge in [-0.3, -0.25) is 4.90 Å². The molecule has 5 rings (SSSR count). The van der Waals surface area contributed by atoms with Gasteiger partial charge in [-0.2, -0.15) is 9.97 Å². The molecule has 1 aromatic carbocycles. The Balaban J connectivity index is 0.00000218. The SMILES string of the molecule is CCc1nc(N2CC[NH+](c3nc(C)cc(C)n3)CC2)c2oc3ccccc3c2n1.[Cl-]. The number of hydrogen-bond acceptors (Lipinski definition) is 6. The number of rotatable bonds is 3. The normalized spacial score (nSPS) is 15.0. The second-order valence-corrected chi connectivity index (χ2v) is 7.66. The van der Waals surface area contributed by atoms with Gasteiger partial charge in [0.15, 0.2) is 11.4 Å². The lowest BCUT2D eigenvalue weighted by molar-refractivity contribution is -0.838. The number of anilines is 1. The maximum absolute atomic E-state index is 6.18. The van der Waals surface area contributed by atoms with E-state index in [4.69, 9.17) is 14.4 Å². The van der Waals surface area contributed by atoms with Crippen molar-refractivity contribution in [3.05, 3.63) is 47.5 Å². The van der Waals surface area contributed by atoms with Crippen LogP contribution in [0.2, 0.25) is 0 Å². The van der Waals surface area contributed by atoms with Gasteiger partial charge in [0.1, 0.15) is 30.0 Å². The Kier molecular flexibility index (Phi) is 5.58. The summed E-state index contributed by atoms with van der Waals surface area (Å²) in [6.07, 6.45) is 0.796. The molecule has 0 saturated carbocycles. The van der Waals surface area contributed by atoms with Gasteiger partial charge in [-0.15, -0.1) is 0 Å². The Morgan fingerprint density at radius 1 is 1.00 bits per heavy atom. The van der Waals surface area contributed by atoms with Gasteiger partial charge in [-0.1, -0.05) is 19.1 Å². The quantitative estimate of drug-likeness (QED) is 0.473. The van der Waals surface area contributed by atoms with Crippen LogP contribution in [0.5, 0.6) is 0 Å². The largest absolute Gasteiger partial charge is 1.00 e. The van der Waals surface area contributed by atoms with E-state index in [1.165, 1.54) is 4.90 Å². The van der Waals surface area contributed by atoms with Crippen molar-refractivity contribution in [3.8, 4) is 0 Å². The molecular formula is C22H25ClN6O. The van der Waals surface area contributed by atoms with Crippen LogP contribution in [0.4, 0.5) is 11.8 Å². The highest BCUT2D eigenvalue weighted by atomic mass is 35.5. The number of aryl methyl sites for hydroxylation is 3. The summed E-state index contributed by atoms with van der Waals surface area (Å²) >= 11 is 0. The molecule has 0 unspecified atom stereocenters. The lowest BCUT2D eigenvalue weighted by Crippen LogP contribution is -3.11. The number of aromatic nitrogens is 4.